The van der Waals surface area contributed by atoms with E-state index in [1.807, 2.05) is 6.92 Å². The molecular weight excluding hydrogens is 150 g/mol. The first-order chi connectivity index (χ1) is 5.64. The van der Waals surface area contributed by atoms with Crippen LogP contribution in [0.15, 0.2) is 0 Å². The van der Waals surface area contributed by atoms with E-state index < -0.39 is 0 Å². The fraction of sp³-hybridized carbons (Fsp3) is 1.00. The van der Waals surface area contributed by atoms with E-state index in [0.29, 0.717) is 5.41 Å². The second-order valence-electron chi connectivity index (χ2n) is 4.46. The van der Waals surface area contributed by atoms with Crippen molar-refractivity contribution in [1.82, 2.24) is 5.32 Å². The van der Waals surface area contributed by atoms with Gasteiger partial charge in [0.1, 0.15) is 0 Å². The SMILES string of the molecule is CCOCC(C)(C)CNC1CC1. The van der Waals surface area contributed by atoms with Gasteiger partial charge in [-0.25, -0.2) is 0 Å². The number of rotatable bonds is 6. The Bertz CT molecular complexity index is 130. The predicted molar refractivity (Wildman–Crippen MR) is 51.3 cm³/mol. The summed E-state index contributed by atoms with van der Waals surface area (Å²) in [7, 11) is 0. The molecule has 1 aliphatic carbocycles. The van der Waals surface area contributed by atoms with Gasteiger partial charge in [-0.3, -0.25) is 0 Å². The van der Waals surface area contributed by atoms with Crippen LogP contribution in [0.4, 0.5) is 0 Å². The van der Waals surface area contributed by atoms with Crippen LogP contribution in [0.5, 0.6) is 0 Å². The highest BCUT2D eigenvalue weighted by atomic mass is 16.5. The molecule has 2 heteroatoms. The largest absolute Gasteiger partial charge is 0.381 e. The molecule has 0 saturated heterocycles. The highest BCUT2D eigenvalue weighted by Gasteiger charge is 2.25. The van der Waals surface area contributed by atoms with Gasteiger partial charge < -0.3 is 10.1 Å². The number of ether oxygens (including phenoxy) is 1. The summed E-state index contributed by atoms with van der Waals surface area (Å²) < 4.78 is 5.41. The van der Waals surface area contributed by atoms with Crippen LogP contribution in [0.2, 0.25) is 0 Å². The zero-order chi connectivity index (χ0) is 9.03. The Kier molecular flexibility index (Phi) is 3.53. The van der Waals surface area contributed by atoms with Crippen LogP contribution in [0.3, 0.4) is 0 Å². The van der Waals surface area contributed by atoms with E-state index in [1.165, 1.54) is 12.8 Å². The van der Waals surface area contributed by atoms with Gasteiger partial charge >= 0.3 is 0 Å². The summed E-state index contributed by atoms with van der Waals surface area (Å²) in [6.07, 6.45) is 2.73. The van der Waals surface area contributed by atoms with Crippen LogP contribution in [-0.2, 0) is 4.74 Å². The van der Waals surface area contributed by atoms with Crippen LogP contribution >= 0.6 is 0 Å². The second-order valence-corrected chi connectivity index (χ2v) is 4.46. The fourth-order valence-electron chi connectivity index (χ4n) is 1.14. The predicted octanol–water partition coefficient (Wildman–Crippen LogP) is 1.80. The molecule has 1 aliphatic rings. The summed E-state index contributed by atoms with van der Waals surface area (Å²) in [5.41, 5.74) is 0.290. The summed E-state index contributed by atoms with van der Waals surface area (Å²) in [5, 5.41) is 3.53. The van der Waals surface area contributed by atoms with Crippen LogP contribution < -0.4 is 5.32 Å². The van der Waals surface area contributed by atoms with Gasteiger partial charge in [0.2, 0.25) is 0 Å². The topological polar surface area (TPSA) is 21.3 Å². The van der Waals surface area contributed by atoms with E-state index >= 15 is 0 Å². The molecule has 0 amide bonds. The zero-order valence-corrected chi connectivity index (χ0v) is 8.52. The van der Waals surface area contributed by atoms with Gasteiger partial charge in [0, 0.05) is 24.6 Å². The van der Waals surface area contributed by atoms with Gasteiger partial charge in [0.25, 0.3) is 0 Å². The van der Waals surface area contributed by atoms with Gasteiger partial charge in [0.15, 0.2) is 0 Å². The van der Waals surface area contributed by atoms with Gasteiger partial charge in [0.05, 0.1) is 6.61 Å². The molecule has 1 rings (SSSR count). The Morgan fingerprint density at radius 2 is 2.08 bits per heavy atom. The number of hydrogen-bond donors (Lipinski definition) is 1. The van der Waals surface area contributed by atoms with Crippen molar-refractivity contribution in [1.29, 1.82) is 0 Å². The highest BCUT2D eigenvalue weighted by molar-refractivity contribution is 4.83. The van der Waals surface area contributed by atoms with Crippen molar-refractivity contribution < 1.29 is 4.74 Å². The van der Waals surface area contributed by atoms with E-state index in [9.17, 15) is 0 Å². The summed E-state index contributed by atoms with van der Waals surface area (Å²) >= 11 is 0. The van der Waals surface area contributed by atoms with Crippen molar-refractivity contribution in [3.63, 3.8) is 0 Å². The fourth-order valence-corrected chi connectivity index (χ4v) is 1.14. The summed E-state index contributed by atoms with van der Waals surface area (Å²) in [4.78, 5) is 0. The average Bonchev–Trinajstić information content (AvgIpc) is 2.81. The number of hydrogen-bond acceptors (Lipinski definition) is 2. The zero-order valence-electron chi connectivity index (χ0n) is 8.52. The molecular formula is C10H21NO. The minimum absolute atomic E-state index is 0.290. The normalized spacial score (nSPS) is 18.2. The molecule has 2 nitrogen and oxygen atoms in total. The van der Waals surface area contributed by atoms with Crippen molar-refractivity contribution in [3.8, 4) is 0 Å². The molecule has 0 unspecified atom stereocenters. The van der Waals surface area contributed by atoms with E-state index in [0.717, 1.165) is 25.8 Å². The van der Waals surface area contributed by atoms with Crippen LogP contribution in [0, 0.1) is 5.41 Å². The lowest BCUT2D eigenvalue weighted by Crippen LogP contribution is -2.34. The second kappa shape index (κ2) is 4.24. The maximum Gasteiger partial charge on any atom is 0.0529 e. The molecule has 12 heavy (non-hydrogen) atoms. The molecule has 0 heterocycles. The molecule has 0 aromatic heterocycles. The molecule has 0 radical (unpaired) electrons. The highest BCUT2D eigenvalue weighted by Crippen LogP contribution is 2.21. The maximum absolute atomic E-state index is 5.41. The smallest absolute Gasteiger partial charge is 0.0529 e. The van der Waals surface area contributed by atoms with Crippen molar-refractivity contribution in [3.05, 3.63) is 0 Å². The Balaban J connectivity index is 2.07. The van der Waals surface area contributed by atoms with Gasteiger partial charge in [-0.2, -0.15) is 0 Å². The maximum atomic E-state index is 5.41. The third kappa shape index (κ3) is 4.07. The molecule has 0 bridgehead atoms. The quantitative estimate of drug-likeness (QED) is 0.658. The van der Waals surface area contributed by atoms with Gasteiger partial charge in [-0.1, -0.05) is 13.8 Å². The third-order valence-corrected chi connectivity index (χ3v) is 2.14. The summed E-state index contributed by atoms with van der Waals surface area (Å²) in [6, 6.07) is 0.811. The van der Waals surface area contributed by atoms with E-state index in [1.54, 1.807) is 0 Å². The van der Waals surface area contributed by atoms with Crippen molar-refractivity contribution in [2.24, 2.45) is 5.41 Å². The monoisotopic (exact) mass is 171 g/mol. The lowest BCUT2D eigenvalue weighted by atomic mass is 9.95. The molecule has 1 fully saturated rings. The molecule has 0 aliphatic heterocycles. The van der Waals surface area contributed by atoms with E-state index in [-0.39, 0.29) is 0 Å². The van der Waals surface area contributed by atoms with Crippen LogP contribution in [0.25, 0.3) is 0 Å². The number of nitrogens with one attached hydrogen (secondary N) is 1. The summed E-state index contributed by atoms with van der Waals surface area (Å²) in [6.45, 7) is 9.31. The average molecular weight is 171 g/mol. The molecule has 1 saturated carbocycles. The summed E-state index contributed by atoms with van der Waals surface area (Å²) in [5.74, 6) is 0. The minimum atomic E-state index is 0.290. The molecule has 1 N–H and O–H groups in total. The van der Waals surface area contributed by atoms with Crippen molar-refractivity contribution in [2.75, 3.05) is 19.8 Å². The van der Waals surface area contributed by atoms with Crippen molar-refractivity contribution >= 4 is 0 Å². The molecule has 72 valence electrons. The Hall–Kier alpha value is -0.0800. The minimum Gasteiger partial charge on any atom is -0.381 e. The molecule has 0 aromatic carbocycles. The van der Waals surface area contributed by atoms with Crippen LogP contribution in [0.1, 0.15) is 33.6 Å². The first-order valence-corrected chi connectivity index (χ1v) is 4.95. The Morgan fingerprint density at radius 3 is 2.58 bits per heavy atom. The van der Waals surface area contributed by atoms with Crippen LogP contribution in [-0.4, -0.2) is 25.8 Å². The van der Waals surface area contributed by atoms with E-state index in [2.05, 4.69) is 19.2 Å². The molecule has 0 aromatic rings. The Labute approximate surface area is 75.7 Å². The first-order valence-electron chi connectivity index (χ1n) is 4.95. The van der Waals surface area contributed by atoms with Crippen molar-refractivity contribution in [2.45, 2.75) is 39.7 Å². The van der Waals surface area contributed by atoms with E-state index in [4.69, 9.17) is 4.74 Å². The van der Waals surface area contributed by atoms with Gasteiger partial charge in [-0.15, -0.1) is 0 Å². The first kappa shape index (κ1) is 10.0. The van der Waals surface area contributed by atoms with Gasteiger partial charge in [-0.05, 0) is 19.8 Å². The molecule has 0 atom stereocenters. The standard InChI is InChI=1S/C10H21NO/c1-4-12-8-10(2,3)7-11-9-5-6-9/h9,11H,4-8H2,1-3H3. The lowest BCUT2D eigenvalue weighted by Gasteiger charge is -2.24. The Morgan fingerprint density at radius 1 is 1.42 bits per heavy atom. The lowest BCUT2D eigenvalue weighted by molar-refractivity contribution is 0.0704. The molecule has 0 spiro atoms. The third-order valence-electron chi connectivity index (χ3n) is 2.14.